The minimum Gasteiger partial charge on any atom is -0.467 e. The Morgan fingerprint density at radius 3 is 2.03 bits per heavy atom. The fourth-order valence-corrected chi connectivity index (χ4v) is 3.10. The van der Waals surface area contributed by atoms with Gasteiger partial charge in [0, 0.05) is 20.8 Å². The van der Waals surface area contributed by atoms with Crippen molar-refractivity contribution in [1.82, 2.24) is 0 Å². The molecule has 0 spiro atoms. The van der Waals surface area contributed by atoms with Crippen molar-refractivity contribution in [3.05, 3.63) is 23.8 Å². The maximum Gasteiger partial charge on any atom is 0.339 e. The van der Waals surface area contributed by atoms with E-state index in [0.29, 0.717) is 5.56 Å². The van der Waals surface area contributed by atoms with Gasteiger partial charge in [-0.15, -0.1) is 0 Å². The number of carbonyl (C=O) groups is 4. The van der Waals surface area contributed by atoms with Gasteiger partial charge < -0.3 is 39.3 Å². The van der Waals surface area contributed by atoms with Crippen LogP contribution in [0.1, 0.15) is 26.3 Å². The van der Waals surface area contributed by atoms with Gasteiger partial charge in [0.1, 0.15) is 5.75 Å². The summed E-state index contributed by atoms with van der Waals surface area (Å²) in [7, 11) is 1.08. The molecule has 1 aromatic rings. The second kappa shape index (κ2) is 10.8. The number of esters is 4. The summed E-state index contributed by atoms with van der Waals surface area (Å²) in [4.78, 5) is 47.6. The van der Waals surface area contributed by atoms with Crippen LogP contribution >= 0.6 is 0 Å². The second-order valence-corrected chi connectivity index (χ2v) is 6.82. The minimum atomic E-state index is -1.58. The number of hydrogen-bond acceptors (Lipinski definition) is 12. The number of rotatable bonds is 7. The lowest BCUT2D eigenvalue weighted by Crippen LogP contribution is -2.64. The Bertz CT molecular complexity index is 871. The zero-order chi connectivity index (χ0) is 24.0. The van der Waals surface area contributed by atoms with Crippen LogP contribution in [0.5, 0.6) is 5.75 Å². The molecule has 0 aromatic heterocycles. The molecular weight excluding hydrogens is 430 g/mol. The van der Waals surface area contributed by atoms with Crippen LogP contribution in [0.3, 0.4) is 0 Å². The van der Waals surface area contributed by atoms with Gasteiger partial charge in [-0.3, -0.25) is 14.4 Å². The highest BCUT2D eigenvalue weighted by Gasteiger charge is 2.55. The van der Waals surface area contributed by atoms with Crippen molar-refractivity contribution in [2.75, 3.05) is 12.8 Å². The van der Waals surface area contributed by atoms with E-state index < -0.39 is 54.6 Å². The van der Waals surface area contributed by atoms with Crippen molar-refractivity contribution in [3.8, 4) is 5.75 Å². The van der Waals surface area contributed by atoms with Gasteiger partial charge in [0.25, 0.3) is 0 Å². The van der Waals surface area contributed by atoms with Gasteiger partial charge in [0.15, 0.2) is 18.3 Å². The molecule has 5 atom stereocenters. The molecule has 1 saturated heterocycles. The van der Waals surface area contributed by atoms with Gasteiger partial charge in [-0.25, -0.2) is 4.79 Å². The van der Waals surface area contributed by atoms with Gasteiger partial charge in [-0.05, 0) is 17.7 Å². The first-order valence-electron chi connectivity index (χ1n) is 9.48. The summed E-state index contributed by atoms with van der Waals surface area (Å²) in [6.07, 6.45) is -7.51. The first-order valence-corrected chi connectivity index (χ1v) is 9.48. The van der Waals surface area contributed by atoms with Gasteiger partial charge in [-0.1, -0.05) is 6.07 Å². The molecule has 0 amide bonds. The predicted octanol–water partition coefficient (Wildman–Crippen LogP) is -0.167. The number of benzene rings is 1. The molecule has 1 aliphatic rings. The number of ether oxygens (including phenoxy) is 6. The highest BCUT2D eigenvalue weighted by atomic mass is 16.7. The lowest BCUT2D eigenvalue weighted by atomic mass is 9.97. The molecule has 12 nitrogen and oxygen atoms in total. The molecule has 0 bridgehead atoms. The van der Waals surface area contributed by atoms with Gasteiger partial charge in [0.2, 0.25) is 12.4 Å². The number of carbonyl (C=O) groups excluding carboxylic acids is 4. The standard InChI is InChI=1S/C20H25NO11/c1-9(23)28-15-16(29-10(2)24)18(30-11(3)25)20(32-17(15)19(26)27-4)31-14-6-5-12(8-22)7-13(14)21/h5-7,15-18,20,22H,8,21H2,1-4H3/t15-,16-,17-,18+,20-/m0/s1. The van der Waals surface area contributed by atoms with E-state index in [1.54, 1.807) is 0 Å². The third-order valence-corrected chi connectivity index (χ3v) is 4.33. The van der Waals surface area contributed by atoms with E-state index in [1.807, 2.05) is 0 Å². The third kappa shape index (κ3) is 6.08. The van der Waals surface area contributed by atoms with E-state index >= 15 is 0 Å². The molecule has 1 aromatic carbocycles. The molecule has 0 saturated carbocycles. The number of aliphatic hydroxyl groups excluding tert-OH is 1. The average molecular weight is 455 g/mol. The van der Waals surface area contributed by atoms with Gasteiger partial charge in [0.05, 0.1) is 19.4 Å². The van der Waals surface area contributed by atoms with E-state index in [1.165, 1.54) is 18.2 Å². The van der Waals surface area contributed by atoms with E-state index in [0.717, 1.165) is 27.9 Å². The van der Waals surface area contributed by atoms with Crippen LogP contribution < -0.4 is 10.5 Å². The van der Waals surface area contributed by atoms with E-state index in [-0.39, 0.29) is 18.0 Å². The van der Waals surface area contributed by atoms with Crippen LogP contribution in [0, 0.1) is 0 Å². The quantitative estimate of drug-likeness (QED) is 0.317. The van der Waals surface area contributed by atoms with Crippen LogP contribution in [0.2, 0.25) is 0 Å². The Morgan fingerprint density at radius 1 is 0.969 bits per heavy atom. The Balaban J connectivity index is 2.51. The van der Waals surface area contributed by atoms with Crippen molar-refractivity contribution in [1.29, 1.82) is 0 Å². The third-order valence-electron chi connectivity index (χ3n) is 4.33. The van der Waals surface area contributed by atoms with Crippen LogP contribution in [-0.2, 0) is 49.5 Å². The molecule has 1 fully saturated rings. The van der Waals surface area contributed by atoms with E-state index in [9.17, 15) is 24.3 Å². The summed E-state index contributed by atoms with van der Waals surface area (Å²) in [5.41, 5.74) is 6.57. The first-order chi connectivity index (χ1) is 15.1. The van der Waals surface area contributed by atoms with Crippen molar-refractivity contribution in [3.63, 3.8) is 0 Å². The molecule has 2 rings (SSSR count). The predicted molar refractivity (Wildman–Crippen MR) is 105 cm³/mol. The summed E-state index contributed by atoms with van der Waals surface area (Å²) in [6, 6.07) is 4.40. The van der Waals surface area contributed by atoms with Crippen LogP contribution in [0.15, 0.2) is 18.2 Å². The lowest BCUT2D eigenvalue weighted by molar-refractivity contribution is -0.282. The number of anilines is 1. The fraction of sp³-hybridized carbons (Fsp3) is 0.500. The Kier molecular flexibility index (Phi) is 8.38. The summed E-state index contributed by atoms with van der Waals surface area (Å²) >= 11 is 0. The van der Waals surface area contributed by atoms with Crippen LogP contribution in [-0.4, -0.2) is 66.8 Å². The maximum absolute atomic E-state index is 12.4. The normalized spacial score (nSPS) is 24.7. The first kappa shape index (κ1) is 24.9. The zero-order valence-electron chi connectivity index (χ0n) is 17.9. The van der Waals surface area contributed by atoms with E-state index in [2.05, 4.69) is 0 Å². The molecule has 3 N–H and O–H groups in total. The highest BCUT2D eigenvalue weighted by molar-refractivity contribution is 5.77. The molecule has 32 heavy (non-hydrogen) atoms. The fourth-order valence-electron chi connectivity index (χ4n) is 3.10. The molecule has 0 radical (unpaired) electrons. The maximum atomic E-state index is 12.4. The number of nitrogen functional groups attached to an aromatic ring is 1. The summed E-state index contributed by atoms with van der Waals surface area (Å²) < 4.78 is 31.8. The van der Waals surface area contributed by atoms with Crippen LogP contribution in [0.25, 0.3) is 0 Å². The van der Waals surface area contributed by atoms with Gasteiger partial charge >= 0.3 is 23.9 Å². The van der Waals surface area contributed by atoms with Crippen molar-refractivity contribution in [2.45, 2.75) is 58.1 Å². The Labute approximate surface area is 183 Å². The minimum absolute atomic E-state index is 0.0699. The largest absolute Gasteiger partial charge is 0.467 e. The SMILES string of the molecule is COC(=O)[C@H]1O[C@H](Oc2ccc(CO)cc2N)[C@H](OC(C)=O)[C@@H](OC(C)=O)[C@@H]1OC(C)=O. The molecule has 12 heteroatoms. The summed E-state index contributed by atoms with van der Waals surface area (Å²) in [5, 5.41) is 9.24. The number of methoxy groups -OCH3 is 1. The average Bonchev–Trinajstić information content (AvgIpc) is 2.71. The Morgan fingerprint density at radius 2 is 1.53 bits per heavy atom. The molecule has 0 aliphatic carbocycles. The number of hydrogen-bond donors (Lipinski definition) is 2. The summed E-state index contributed by atoms with van der Waals surface area (Å²) in [6.45, 7) is 2.99. The molecule has 1 aliphatic heterocycles. The molecular formula is C20H25NO11. The van der Waals surface area contributed by atoms with Gasteiger partial charge in [-0.2, -0.15) is 0 Å². The van der Waals surface area contributed by atoms with Crippen molar-refractivity contribution >= 4 is 29.6 Å². The second-order valence-electron chi connectivity index (χ2n) is 6.82. The summed E-state index contributed by atoms with van der Waals surface area (Å²) in [5.74, 6) is -3.28. The Hall–Kier alpha value is -3.38. The van der Waals surface area contributed by atoms with Crippen LogP contribution in [0.4, 0.5) is 5.69 Å². The monoisotopic (exact) mass is 455 g/mol. The highest BCUT2D eigenvalue weighted by Crippen LogP contribution is 2.33. The topological polar surface area (TPSA) is 170 Å². The molecule has 176 valence electrons. The number of nitrogens with two attached hydrogens (primary N) is 1. The number of aliphatic hydroxyl groups is 1. The van der Waals surface area contributed by atoms with Crippen molar-refractivity contribution < 1.29 is 52.7 Å². The molecule has 1 heterocycles. The lowest BCUT2D eigenvalue weighted by Gasteiger charge is -2.43. The molecule has 0 unspecified atom stereocenters. The smallest absolute Gasteiger partial charge is 0.339 e. The van der Waals surface area contributed by atoms with E-state index in [4.69, 9.17) is 34.2 Å². The zero-order valence-corrected chi connectivity index (χ0v) is 17.9. The van der Waals surface area contributed by atoms with Crippen molar-refractivity contribution in [2.24, 2.45) is 0 Å².